The minimum atomic E-state index is -5.39. The number of halogens is 1. The van der Waals surface area contributed by atoms with Gasteiger partial charge in [0.25, 0.3) is 0 Å². The topological polar surface area (TPSA) is 103 Å². The third-order valence-corrected chi connectivity index (χ3v) is 0. The Balaban J connectivity index is -0.0000000221. The molecule has 0 fully saturated rings. The van der Waals surface area contributed by atoms with Gasteiger partial charge in [-0.25, -0.2) is 0 Å². The molecule has 0 aromatic carbocycles. The quantitative estimate of drug-likeness (QED) is 0.238. The standard InChI is InChI=1S/C2H3ClO.3Na.H3O4P/c1-2(3)4;;;;1-5(2,3)4/h1H3;;;;(H3,1,2,3,4)/q;3*+1;/p-3. The number of carbonyl (C=O) groups is 1. The average Bonchev–Trinajstić information content (AvgIpc) is 1.19. The minimum Gasteiger partial charge on any atom is -0.822 e. The summed E-state index contributed by atoms with van der Waals surface area (Å²) >= 11 is 4.64. The van der Waals surface area contributed by atoms with Gasteiger partial charge in [-0.2, -0.15) is 7.82 Å². The Kier molecular flexibility index (Phi) is 40.4. The molecule has 0 N–H and O–H groups in total. The molecule has 12 heavy (non-hydrogen) atoms. The van der Waals surface area contributed by atoms with Crippen LogP contribution in [0.15, 0.2) is 0 Å². The van der Waals surface area contributed by atoms with E-state index < -0.39 is 7.82 Å². The van der Waals surface area contributed by atoms with Crippen LogP contribution in [0.4, 0.5) is 0 Å². The van der Waals surface area contributed by atoms with E-state index in [0.717, 1.165) is 0 Å². The Morgan fingerprint density at radius 2 is 1.17 bits per heavy atom. The summed E-state index contributed by atoms with van der Waals surface area (Å²) in [5.74, 6) is 0. The van der Waals surface area contributed by atoms with Gasteiger partial charge >= 0.3 is 88.7 Å². The van der Waals surface area contributed by atoms with Crippen molar-refractivity contribution in [3.63, 3.8) is 0 Å². The van der Waals surface area contributed by atoms with Crippen molar-refractivity contribution in [2.24, 2.45) is 0 Å². The Morgan fingerprint density at radius 1 is 1.17 bits per heavy atom. The minimum absolute atomic E-state index is 0. The summed E-state index contributed by atoms with van der Waals surface area (Å²) in [6.45, 7) is 1.29. The van der Waals surface area contributed by atoms with Gasteiger partial charge in [-0.15, -0.1) is 0 Å². The van der Waals surface area contributed by atoms with Crippen molar-refractivity contribution in [2.75, 3.05) is 0 Å². The van der Waals surface area contributed by atoms with Crippen LogP contribution in [0.3, 0.4) is 0 Å². The van der Waals surface area contributed by atoms with Gasteiger partial charge in [-0.1, -0.05) is 0 Å². The summed E-state index contributed by atoms with van der Waals surface area (Å²) in [6, 6.07) is 0. The van der Waals surface area contributed by atoms with Crippen molar-refractivity contribution in [2.45, 2.75) is 6.92 Å². The van der Waals surface area contributed by atoms with Crippen molar-refractivity contribution < 1.29 is 113 Å². The zero-order valence-electron chi connectivity index (χ0n) is 7.37. The average molecular weight is 242 g/mol. The first kappa shape index (κ1) is 29.4. The first-order chi connectivity index (χ1) is 3.73. The van der Waals surface area contributed by atoms with Gasteiger partial charge in [0.05, 0.1) is 0 Å². The van der Waals surface area contributed by atoms with Crippen molar-refractivity contribution >= 4 is 24.7 Å². The van der Waals surface area contributed by atoms with Gasteiger partial charge in [0, 0.05) is 6.92 Å². The van der Waals surface area contributed by atoms with Gasteiger partial charge in [-0.3, -0.25) is 4.79 Å². The second kappa shape index (κ2) is 16.5. The predicted octanol–water partition coefficient (Wildman–Crippen LogP) is -11.0. The van der Waals surface area contributed by atoms with Crippen LogP contribution < -0.4 is 103 Å². The van der Waals surface area contributed by atoms with Crippen molar-refractivity contribution in [1.29, 1.82) is 0 Å². The SMILES string of the molecule is CC(=O)Cl.O=P([O-])([O-])[O-].[Na+].[Na+].[Na+]. The molecular weight excluding hydrogens is 239 g/mol. The molecule has 0 saturated carbocycles. The summed E-state index contributed by atoms with van der Waals surface area (Å²) in [7, 11) is -5.39. The number of carbonyl (C=O) groups excluding carboxylic acids is 1. The number of phosphoric acid groups is 1. The second-order valence-electron chi connectivity index (χ2n) is 0.917. The Hall–Kier alpha value is 3.07. The van der Waals surface area contributed by atoms with Crippen LogP contribution in [-0.4, -0.2) is 5.24 Å². The molecule has 0 atom stereocenters. The molecule has 0 aromatic heterocycles. The normalized spacial score (nSPS) is 7.08. The van der Waals surface area contributed by atoms with E-state index >= 15 is 0 Å². The molecular formula is C2H3ClNa3O5P. The van der Waals surface area contributed by atoms with Gasteiger partial charge in [0.2, 0.25) is 5.24 Å². The second-order valence-corrected chi connectivity index (χ2v) is 2.34. The van der Waals surface area contributed by atoms with E-state index in [1.807, 2.05) is 0 Å². The smallest absolute Gasteiger partial charge is 0.822 e. The molecule has 0 spiro atoms. The fourth-order valence-corrected chi connectivity index (χ4v) is 0. The summed E-state index contributed by atoms with van der Waals surface area (Å²) in [4.78, 5) is 34.9. The Labute approximate surface area is 142 Å². The van der Waals surface area contributed by atoms with Gasteiger partial charge in [0.15, 0.2) is 0 Å². The molecule has 0 aliphatic heterocycles. The Bertz CT molecular complexity index is 124. The summed E-state index contributed by atoms with van der Waals surface area (Å²) in [5.41, 5.74) is 0. The van der Waals surface area contributed by atoms with Crippen molar-refractivity contribution in [3.05, 3.63) is 0 Å². The van der Waals surface area contributed by atoms with Crippen LogP contribution in [0.2, 0.25) is 0 Å². The molecule has 0 heterocycles. The van der Waals surface area contributed by atoms with E-state index in [-0.39, 0.29) is 93.9 Å². The number of rotatable bonds is 0. The molecule has 0 bridgehead atoms. The molecule has 0 radical (unpaired) electrons. The zero-order chi connectivity index (χ0) is 8.08. The first-order valence-corrected chi connectivity index (χ1v) is 3.46. The van der Waals surface area contributed by atoms with Crippen LogP contribution >= 0.6 is 19.4 Å². The van der Waals surface area contributed by atoms with E-state index in [1.54, 1.807) is 0 Å². The molecule has 0 aliphatic rings. The summed E-state index contributed by atoms with van der Waals surface area (Å²) in [6.07, 6.45) is 0. The molecule has 0 saturated heterocycles. The first-order valence-electron chi connectivity index (χ1n) is 1.62. The van der Waals surface area contributed by atoms with Crippen LogP contribution in [0.5, 0.6) is 0 Å². The summed E-state index contributed by atoms with van der Waals surface area (Å²) < 4.78 is 8.55. The molecule has 0 rings (SSSR count). The maximum absolute atomic E-state index is 9.21. The maximum atomic E-state index is 9.21. The maximum Gasteiger partial charge on any atom is 1.00 e. The van der Waals surface area contributed by atoms with E-state index in [0.29, 0.717) is 0 Å². The molecule has 0 aromatic rings. The van der Waals surface area contributed by atoms with Crippen LogP contribution in [0, 0.1) is 0 Å². The van der Waals surface area contributed by atoms with Gasteiger partial charge < -0.3 is 19.2 Å². The number of hydrogen-bond donors (Lipinski definition) is 0. The van der Waals surface area contributed by atoms with E-state index in [1.165, 1.54) is 6.92 Å². The Morgan fingerprint density at radius 3 is 1.17 bits per heavy atom. The van der Waals surface area contributed by atoms with Gasteiger partial charge in [-0.05, 0) is 11.6 Å². The largest absolute Gasteiger partial charge is 1.00 e. The third-order valence-electron chi connectivity index (χ3n) is 0. The van der Waals surface area contributed by atoms with Crippen molar-refractivity contribution in [1.82, 2.24) is 0 Å². The zero-order valence-corrected chi connectivity index (χ0v) is 15.0. The van der Waals surface area contributed by atoms with Crippen molar-refractivity contribution in [3.8, 4) is 0 Å². The fraction of sp³-hybridized carbons (Fsp3) is 0.500. The van der Waals surface area contributed by atoms with Gasteiger partial charge in [0.1, 0.15) is 0 Å². The monoisotopic (exact) mass is 242 g/mol. The molecule has 0 amide bonds. The predicted molar refractivity (Wildman–Crippen MR) is 24.1 cm³/mol. The number of hydrogen-bond acceptors (Lipinski definition) is 5. The third kappa shape index (κ3) is 202. The van der Waals surface area contributed by atoms with Crippen LogP contribution in [0.25, 0.3) is 0 Å². The molecule has 0 aliphatic carbocycles. The molecule has 56 valence electrons. The van der Waals surface area contributed by atoms with E-state index in [4.69, 9.17) is 19.2 Å². The van der Waals surface area contributed by atoms with Crippen LogP contribution in [0.1, 0.15) is 6.92 Å². The van der Waals surface area contributed by atoms with E-state index in [9.17, 15) is 4.79 Å². The molecule has 10 heteroatoms. The molecule has 5 nitrogen and oxygen atoms in total. The van der Waals surface area contributed by atoms with E-state index in [2.05, 4.69) is 11.6 Å². The van der Waals surface area contributed by atoms with Crippen LogP contribution in [-0.2, 0) is 9.36 Å². The fourth-order valence-electron chi connectivity index (χ4n) is 0. The molecule has 0 unspecified atom stereocenters. The summed E-state index contributed by atoms with van der Waals surface area (Å²) in [5, 5.41) is -0.361.